The van der Waals surface area contributed by atoms with Gasteiger partial charge in [-0.05, 0) is 38.0 Å². The van der Waals surface area contributed by atoms with Crippen LogP contribution in [0.25, 0.3) is 0 Å². The number of anilines is 1. The van der Waals surface area contributed by atoms with E-state index in [1.54, 1.807) is 4.90 Å². The van der Waals surface area contributed by atoms with Gasteiger partial charge in [0.15, 0.2) is 0 Å². The molecule has 1 aromatic carbocycles. The van der Waals surface area contributed by atoms with Crippen LogP contribution in [0.2, 0.25) is 10.0 Å². The van der Waals surface area contributed by atoms with Gasteiger partial charge in [-0.3, -0.25) is 13.9 Å². The van der Waals surface area contributed by atoms with E-state index >= 15 is 0 Å². The summed E-state index contributed by atoms with van der Waals surface area (Å²) in [7, 11) is -2.43. The number of ether oxygens (including phenoxy) is 1. The van der Waals surface area contributed by atoms with Crippen LogP contribution >= 0.6 is 23.2 Å². The maximum atomic E-state index is 12.9. The zero-order valence-electron chi connectivity index (χ0n) is 15.3. The number of rotatable bonds is 5. The summed E-state index contributed by atoms with van der Waals surface area (Å²) < 4.78 is 30.5. The summed E-state index contributed by atoms with van der Waals surface area (Å²) in [5.41, 5.74) is 0.222. The maximum Gasteiger partial charge on any atom is 0.308 e. The second-order valence-corrected chi connectivity index (χ2v) is 9.22. The number of likely N-dealkylation sites (tertiary alicyclic amines) is 1. The number of hydrogen-bond donors (Lipinski definition) is 0. The van der Waals surface area contributed by atoms with Gasteiger partial charge in [0.05, 0.1) is 25.0 Å². The van der Waals surface area contributed by atoms with E-state index in [0.29, 0.717) is 25.9 Å². The summed E-state index contributed by atoms with van der Waals surface area (Å²) in [5.74, 6) is -0.881. The largest absolute Gasteiger partial charge is 0.469 e. The Morgan fingerprint density at radius 3 is 2.15 bits per heavy atom. The van der Waals surface area contributed by atoms with Gasteiger partial charge in [-0.1, -0.05) is 23.2 Å². The fourth-order valence-electron chi connectivity index (χ4n) is 3.24. The first kappa shape index (κ1) is 21.8. The molecule has 1 aromatic rings. The molecule has 2 rings (SSSR count). The van der Waals surface area contributed by atoms with E-state index in [1.165, 1.54) is 32.2 Å². The van der Waals surface area contributed by atoms with E-state index in [2.05, 4.69) is 0 Å². The van der Waals surface area contributed by atoms with Gasteiger partial charge in [0, 0.05) is 23.1 Å². The van der Waals surface area contributed by atoms with Crippen LogP contribution in [-0.4, -0.2) is 57.7 Å². The van der Waals surface area contributed by atoms with Crippen molar-refractivity contribution in [2.75, 3.05) is 30.8 Å². The molecule has 150 valence electrons. The predicted molar refractivity (Wildman–Crippen MR) is 105 cm³/mol. The van der Waals surface area contributed by atoms with Gasteiger partial charge < -0.3 is 9.64 Å². The third-order valence-electron chi connectivity index (χ3n) is 4.51. The van der Waals surface area contributed by atoms with Crippen LogP contribution in [0.15, 0.2) is 18.2 Å². The minimum Gasteiger partial charge on any atom is -0.469 e. The van der Waals surface area contributed by atoms with E-state index in [4.69, 9.17) is 27.9 Å². The summed E-state index contributed by atoms with van der Waals surface area (Å²) in [4.78, 5) is 26.1. The molecule has 1 amide bonds. The van der Waals surface area contributed by atoms with Crippen molar-refractivity contribution in [1.29, 1.82) is 0 Å². The van der Waals surface area contributed by atoms with Crippen molar-refractivity contribution in [2.45, 2.75) is 25.8 Å². The molecule has 0 saturated carbocycles. The standard InChI is InChI=1S/C17H22Cl2N2O5S/c1-11(16(22)20-6-4-12(5-7-20)17(23)26-2)21(27(3,24)25)15-9-13(18)8-14(19)10-15/h8-12H,4-7H2,1-3H3. The number of carbonyl (C=O) groups is 2. The smallest absolute Gasteiger partial charge is 0.308 e. The van der Waals surface area contributed by atoms with E-state index in [9.17, 15) is 18.0 Å². The molecule has 1 aliphatic rings. The highest BCUT2D eigenvalue weighted by atomic mass is 35.5. The minimum absolute atomic E-state index is 0.222. The van der Waals surface area contributed by atoms with Crippen molar-refractivity contribution in [3.05, 3.63) is 28.2 Å². The number of sulfonamides is 1. The first-order chi connectivity index (χ1) is 12.5. The average molecular weight is 437 g/mol. The molecule has 7 nitrogen and oxygen atoms in total. The summed E-state index contributed by atoms with van der Waals surface area (Å²) in [5, 5.41) is 0.536. The lowest BCUT2D eigenvalue weighted by molar-refractivity contribution is -0.149. The molecule has 1 atom stereocenters. The fourth-order valence-corrected chi connectivity index (χ4v) is 4.90. The first-order valence-electron chi connectivity index (χ1n) is 8.36. The van der Waals surface area contributed by atoms with Crippen LogP contribution in [0.3, 0.4) is 0 Å². The van der Waals surface area contributed by atoms with Crippen molar-refractivity contribution < 1.29 is 22.7 Å². The SMILES string of the molecule is COC(=O)C1CCN(C(=O)C(C)N(c2cc(Cl)cc(Cl)c2)S(C)(=O)=O)CC1. The highest BCUT2D eigenvalue weighted by Gasteiger charge is 2.35. The Kier molecular flexibility index (Phi) is 6.99. The van der Waals surface area contributed by atoms with Crippen LogP contribution in [0, 0.1) is 5.92 Å². The molecular weight excluding hydrogens is 415 g/mol. The topological polar surface area (TPSA) is 84.0 Å². The van der Waals surface area contributed by atoms with Gasteiger partial charge >= 0.3 is 5.97 Å². The van der Waals surface area contributed by atoms with Crippen molar-refractivity contribution in [1.82, 2.24) is 4.90 Å². The summed E-state index contributed by atoms with van der Waals surface area (Å²) in [6.07, 6.45) is 1.98. The number of amides is 1. The third kappa shape index (κ3) is 5.27. The van der Waals surface area contributed by atoms with Crippen molar-refractivity contribution in [3.63, 3.8) is 0 Å². The monoisotopic (exact) mass is 436 g/mol. The van der Waals surface area contributed by atoms with Gasteiger partial charge in [-0.15, -0.1) is 0 Å². The molecule has 0 N–H and O–H groups in total. The average Bonchev–Trinajstić information content (AvgIpc) is 2.58. The molecule has 27 heavy (non-hydrogen) atoms. The molecule has 1 aliphatic heterocycles. The zero-order valence-corrected chi connectivity index (χ0v) is 17.6. The summed E-state index contributed by atoms with van der Waals surface area (Å²) in [6.45, 7) is 2.23. The molecule has 1 unspecified atom stereocenters. The highest BCUT2D eigenvalue weighted by molar-refractivity contribution is 7.92. The third-order valence-corrected chi connectivity index (χ3v) is 6.19. The van der Waals surface area contributed by atoms with Crippen LogP contribution in [0.5, 0.6) is 0 Å². The Balaban J connectivity index is 2.22. The van der Waals surface area contributed by atoms with Gasteiger partial charge in [0.25, 0.3) is 0 Å². The first-order valence-corrected chi connectivity index (χ1v) is 11.0. The molecular formula is C17H22Cl2N2O5S. The lowest BCUT2D eigenvalue weighted by Gasteiger charge is -2.36. The Labute approximate surface area is 169 Å². The van der Waals surface area contributed by atoms with Gasteiger partial charge in [-0.25, -0.2) is 8.42 Å². The van der Waals surface area contributed by atoms with Crippen LogP contribution < -0.4 is 4.31 Å². The fraction of sp³-hybridized carbons (Fsp3) is 0.529. The van der Waals surface area contributed by atoms with Gasteiger partial charge in [0.2, 0.25) is 15.9 Å². The molecule has 1 heterocycles. The molecule has 1 saturated heterocycles. The van der Waals surface area contributed by atoms with Gasteiger partial charge in [0.1, 0.15) is 6.04 Å². The van der Waals surface area contributed by atoms with Crippen molar-refractivity contribution in [3.8, 4) is 0 Å². The molecule has 0 spiro atoms. The number of hydrogen-bond acceptors (Lipinski definition) is 5. The minimum atomic E-state index is -3.77. The maximum absolute atomic E-state index is 12.9. The lowest BCUT2D eigenvalue weighted by Crippen LogP contribution is -2.51. The summed E-state index contributed by atoms with van der Waals surface area (Å²) >= 11 is 12.0. The molecule has 0 radical (unpaired) electrons. The number of carbonyl (C=O) groups excluding carboxylic acids is 2. The quantitative estimate of drug-likeness (QED) is 0.662. The summed E-state index contributed by atoms with van der Waals surface area (Å²) in [6, 6.07) is 3.39. The second-order valence-electron chi connectivity index (χ2n) is 6.49. The predicted octanol–water partition coefficient (Wildman–Crippen LogP) is 2.56. The Morgan fingerprint density at radius 1 is 1.19 bits per heavy atom. The molecule has 10 heteroatoms. The van der Waals surface area contributed by atoms with Crippen molar-refractivity contribution in [2.24, 2.45) is 5.92 Å². The van der Waals surface area contributed by atoms with Crippen molar-refractivity contribution >= 4 is 50.8 Å². The number of benzene rings is 1. The molecule has 0 aliphatic carbocycles. The van der Waals surface area contributed by atoms with E-state index in [1.807, 2.05) is 0 Å². The van der Waals surface area contributed by atoms with Crippen LogP contribution in [0.4, 0.5) is 5.69 Å². The molecule has 1 fully saturated rings. The highest BCUT2D eigenvalue weighted by Crippen LogP contribution is 2.29. The number of nitrogens with zero attached hydrogens (tertiary/aromatic N) is 2. The van der Waals surface area contributed by atoms with E-state index in [0.717, 1.165) is 10.6 Å². The molecule has 0 aromatic heterocycles. The van der Waals surface area contributed by atoms with Crippen LogP contribution in [0.1, 0.15) is 19.8 Å². The number of halogens is 2. The van der Waals surface area contributed by atoms with Crippen LogP contribution in [-0.2, 0) is 24.3 Å². The second kappa shape index (κ2) is 8.67. The Bertz CT molecular complexity index is 802. The Hall–Kier alpha value is -1.51. The van der Waals surface area contributed by atoms with E-state index in [-0.39, 0.29) is 33.5 Å². The Morgan fingerprint density at radius 2 is 1.70 bits per heavy atom. The lowest BCUT2D eigenvalue weighted by atomic mass is 9.96. The van der Waals surface area contributed by atoms with E-state index < -0.39 is 16.1 Å². The zero-order chi connectivity index (χ0) is 20.4. The van der Waals surface area contributed by atoms with Gasteiger partial charge in [-0.2, -0.15) is 0 Å². The normalized spacial score (nSPS) is 16.7. The number of piperidine rings is 1. The number of esters is 1. The molecule has 0 bridgehead atoms. The number of methoxy groups -OCH3 is 1.